The Morgan fingerprint density at radius 1 is 1.12 bits per heavy atom. The van der Waals surface area contributed by atoms with Crippen molar-refractivity contribution in [1.82, 2.24) is 4.98 Å². The van der Waals surface area contributed by atoms with E-state index in [9.17, 15) is 4.79 Å². The molecule has 0 aliphatic heterocycles. The van der Waals surface area contributed by atoms with Crippen LogP contribution in [0.4, 0.5) is 5.69 Å². The van der Waals surface area contributed by atoms with Gasteiger partial charge in [-0.1, -0.05) is 55.1 Å². The Morgan fingerprint density at radius 2 is 1.88 bits per heavy atom. The molecule has 3 aromatic rings. The number of thioether (sulfide) groups is 1. The summed E-state index contributed by atoms with van der Waals surface area (Å²) in [7, 11) is 1.59. The molecule has 0 aliphatic rings. The summed E-state index contributed by atoms with van der Waals surface area (Å²) in [5.41, 5.74) is 1.62. The van der Waals surface area contributed by atoms with Crippen molar-refractivity contribution in [2.45, 2.75) is 23.6 Å². The Labute approximate surface area is 151 Å². The van der Waals surface area contributed by atoms with E-state index in [2.05, 4.69) is 10.3 Å². The summed E-state index contributed by atoms with van der Waals surface area (Å²) in [4.78, 5) is 17.3. The number of methoxy groups -OCH3 is 1. The topological polar surface area (TPSA) is 51.2 Å². The number of rotatable bonds is 6. The highest BCUT2D eigenvalue weighted by atomic mass is 32.2. The molecule has 0 fully saturated rings. The van der Waals surface area contributed by atoms with Gasteiger partial charge in [-0.3, -0.25) is 4.79 Å². The fourth-order valence-corrected chi connectivity index (χ4v) is 3.46. The molecule has 2 aromatic carbocycles. The van der Waals surface area contributed by atoms with E-state index >= 15 is 0 Å². The van der Waals surface area contributed by atoms with Gasteiger partial charge in [-0.25, -0.2) is 4.98 Å². The van der Waals surface area contributed by atoms with Gasteiger partial charge in [0.15, 0.2) is 0 Å². The van der Waals surface area contributed by atoms with Crippen LogP contribution in [0, 0.1) is 0 Å². The summed E-state index contributed by atoms with van der Waals surface area (Å²) < 4.78 is 5.29. The Kier molecular flexibility index (Phi) is 5.56. The summed E-state index contributed by atoms with van der Waals surface area (Å²) >= 11 is 1.48. The van der Waals surface area contributed by atoms with Crippen LogP contribution < -0.4 is 10.1 Å². The van der Waals surface area contributed by atoms with Gasteiger partial charge < -0.3 is 10.1 Å². The van der Waals surface area contributed by atoms with Gasteiger partial charge in [-0.2, -0.15) is 0 Å². The van der Waals surface area contributed by atoms with Gasteiger partial charge >= 0.3 is 0 Å². The normalized spacial score (nSPS) is 11.9. The monoisotopic (exact) mass is 352 g/mol. The van der Waals surface area contributed by atoms with Gasteiger partial charge in [0.05, 0.1) is 28.6 Å². The maximum Gasteiger partial charge on any atom is 0.238 e. The lowest BCUT2D eigenvalue weighted by molar-refractivity contribution is -0.115. The van der Waals surface area contributed by atoms with Crippen molar-refractivity contribution in [2.75, 3.05) is 12.4 Å². The molecular formula is C20H20N2O2S. The largest absolute Gasteiger partial charge is 0.495 e. The van der Waals surface area contributed by atoms with E-state index in [0.29, 0.717) is 17.9 Å². The number of nitrogens with zero attached hydrogens (tertiary/aromatic N) is 1. The fraction of sp³-hybridized carbons (Fsp3) is 0.200. The number of anilines is 1. The summed E-state index contributed by atoms with van der Waals surface area (Å²) in [5, 5.41) is 4.68. The molecular weight excluding hydrogens is 332 g/mol. The van der Waals surface area contributed by atoms with Crippen molar-refractivity contribution in [2.24, 2.45) is 0 Å². The third-order valence-electron chi connectivity index (χ3n) is 3.86. The first-order valence-corrected chi connectivity index (χ1v) is 9.05. The Balaban J connectivity index is 1.75. The number of amides is 1. The molecule has 0 unspecified atom stereocenters. The minimum absolute atomic E-state index is 0.0491. The standard InChI is InChI=1S/C20H20N2O2S/c1-3-18(20(23)22-16-10-6-7-11-17(16)24-2)25-19-13-12-14-8-4-5-9-15(14)21-19/h4-13,18H,3H2,1-2H3,(H,22,23)/t18-/m1/s1. The Hall–Kier alpha value is -2.53. The molecule has 1 amide bonds. The molecule has 0 bridgehead atoms. The molecule has 3 rings (SSSR count). The summed E-state index contributed by atoms with van der Waals surface area (Å²) in [6.45, 7) is 2.00. The highest BCUT2D eigenvalue weighted by Crippen LogP contribution is 2.29. The zero-order chi connectivity index (χ0) is 17.6. The molecule has 0 saturated heterocycles. The number of hydrogen-bond donors (Lipinski definition) is 1. The molecule has 5 heteroatoms. The van der Waals surface area contributed by atoms with E-state index in [1.54, 1.807) is 7.11 Å². The molecule has 1 N–H and O–H groups in total. The van der Waals surface area contributed by atoms with Crippen LogP contribution in [0.1, 0.15) is 13.3 Å². The third kappa shape index (κ3) is 4.12. The second-order valence-electron chi connectivity index (χ2n) is 5.55. The summed E-state index contributed by atoms with van der Waals surface area (Å²) in [5.74, 6) is 0.603. The lowest BCUT2D eigenvalue weighted by Crippen LogP contribution is -2.24. The highest BCUT2D eigenvalue weighted by molar-refractivity contribution is 8.00. The molecule has 0 saturated carbocycles. The number of hydrogen-bond acceptors (Lipinski definition) is 4. The first-order valence-electron chi connectivity index (χ1n) is 8.17. The molecule has 0 radical (unpaired) electrons. The van der Waals surface area contributed by atoms with E-state index in [-0.39, 0.29) is 11.2 Å². The fourth-order valence-electron chi connectivity index (χ4n) is 2.54. The van der Waals surface area contributed by atoms with Crippen LogP contribution >= 0.6 is 11.8 Å². The van der Waals surface area contributed by atoms with Crippen LogP contribution in [0.5, 0.6) is 5.75 Å². The van der Waals surface area contributed by atoms with Crippen molar-refractivity contribution >= 4 is 34.3 Å². The van der Waals surface area contributed by atoms with Crippen LogP contribution in [0.15, 0.2) is 65.7 Å². The number of ether oxygens (including phenoxy) is 1. The minimum atomic E-state index is -0.224. The van der Waals surface area contributed by atoms with E-state index in [4.69, 9.17) is 4.74 Å². The molecule has 1 aromatic heterocycles. The van der Waals surface area contributed by atoms with Gasteiger partial charge in [0, 0.05) is 5.39 Å². The first-order chi connectivity index (χ1) is 12.2. The highest BCUT2D eigenvalue weighted by Gasteiger charge is 2.20. The number of carbonyl (C=O) groups is 1. The number of fused-ring (bicyclic) bond motifs is 1. The second-order valence-corrected chi connectivity index (χ2v) is 6.77. The lowest BCUT2D eigenvalue weighted by Gasteiger charge is -2.16. The van der Waals surface area contributed by atoms with Crippen molar-refractivity contribution in [1.29, 1.82) is 0 Å². The van der Waals surface area contributed by atoms with Gasteiger partial charge in [0.2, 0.25) is 5.91 Å². The predicted molar refractivity (Wildman–Crippen MR) is 103 cm³/mol. The van der Waals surface area contributed by atoms with E-state index in [0.717, 1.165) is 15.9 Å². The quantitative estimate of drug-likeness (QED) is 0.650. The molecule has 128 valence electrons. The molecule has 25 heavy (non-hydrogen) atoms. The SMILES string of the molecule is CC[C@@H](Sc1ccc2ccccc2n1)C(=O)Nc1ccccc1OC. The smallest absolute Gasteiger partial charge is 0.238 e. The van der Waals surface area contributed by atoms with Crippen LogP contribution in [-0.2, 0) is 4.79 Å². The molecule has 0 spiro atoms. The molecule has 1 heterocycles. The number of benzene rings is 2. The Bertz CT molecular complexity index is 882. The van der Waals surface area contributed by atoms with Crippen LogP contribution in [0.3, 0.4) is 0 Å². The van der Waals surface area contributed by atoms with Crippen molar-refractivity contribution < 1.29 is 9.53 Å². The lowest BCUT2D eigenvalue weighted by atomic mass is 10.2. The predicted octanol–water partition coefficient (Wildman–Crippen LogP) is 4.75. The van der Waals surface area contributed by atoms with Gasteiger partial charge in [-0.15, -0.1) is 0 Å². The van der Waals surface area contributed by atoms with Gasteiger partial charge in [0.25, 0.3) is 0 Å². The van der Waals surface area contributed by atoms with Gasteiger partial charge in [-0.05, 0) is 30.7 Å². The van der Waals surface area contributed by atoms with Crippen molar-refractivity contribution in [3.8, 4) is 5.75 Å². The maximum atomic E-state index is 12.7. The van der Waals surface area contributed by atoms with Crippen molar-refractivity contribution in [3.05, 3.63) is 60.7 Å². The average Bonchev–Trinajstić information content (AvgIpc) is 2.66. The molecule has 0 aliphatic carbocycles. The van der Waals surface area contributed by atoms with Crippen LogP contribution in [0.2, 0.25) is 0 Å². The van der Waals surface area contributed by atoms with E-state index in [1.807, 2.05) is 67.6 Å². The number of pyridine rings is 1. The number of aromatic nitrogens is 1. The number of carbonyl (C=O) groups excluding carboxylic acids is 1. The zero-order valence-electron chi connectivity index (χ0n) is 14.2. The minimum Gasteiger partial charge on any atom is -0.495 e. The van der Waals surface area contributed by atoms with E-state index < -0.39 is 0 Å². The van der Waals surface area contributed by atoms with Gasteiger partial charge in [0.1, 0.15) is 5.75 Å². The van der Waals surface area contributed by atoms with Crippen molar-refractivity contribution in [3.63, 3.8) is 0 Å². The van der Waals surface area contributed by atoms with Crippen LogP contribution in [0.25, 0.3) is 10.9 Å². The molecule has 4 nitrogen and oxygen atoms in total. The summed E-state index contributed by atoms with van der Waals surface area (Å²) in [6, 6.07) is 19.4. The second kappa shape index (κ2) is 8.03. The van der Waals surface area contributed by atoms with Crippen LogP contribution in [-0.4, -0.2) is 23.3 Å². The number of para-hydroxylation sites is 3. The third-order valence-corrected chi connectivity index (χ3v) is 5.16. The average molecular weight is 352 g/mol. The number of nitrogens with one attached hydrogen (secondary N) is 1. The summed E-state index contributed by atoms with van der Waals surface area (Å²) in [6.07, 6.45) is 0.708. The first kappa shape index (κ1) is 17.3. The molecule has 1 atom stereocenters. The zero-order valence-corrected chi connectivity index (χ0v) is 15.0. The maximum absolute atomic E-state index is 12.7. The Morgan fingerprint density at radius 3 is 2.68 bits per heavy atom. The van der Waals surface area contributed by atoms with E-state index in [1.165, 1.54) is 11.8 Å².